The largest absolute Gasteiger partial charge is 0.466 e. The van der Waals surface area contributed by atoms with Gasteiger partial charge in [0.05, 0.1) is 34.5 Å². The third-order valence-corrected chi connectivity index (χ3v) is 9.16. The molecule has 2 aromatic heterocycles. The molecule has 5 rings (SSSR count). The molecule has 1 aliphatic rings. The van der Waals surface area contributed by atoms with E-state index in [2.05, 4.69) is 76.4 Å². The van der Waals surface area contributed by atoms with Crippen LogP contribution in [0, 0.1) is 13.8 Å². The van der Waals surface area contributed by atoms with E-state index in [0.717, 1.165) is 28.6 Å². The van der Waals surface area contributed by atoms with E-state index < -0.39 is 12.0 Å². The van der Waals surface area contributed by atoms with Gasteiger partial charge in [0.2, 0.25) is 0 Å². The number of allylic oxidation sites excluding steroid dienone is 1. The predicted molar refractivity (Wildman–Crippen MR) is 163 cm³/mol. The number of rotatable bonds is 6. The molecule has 40 heavy (non-hydrogen) atoms. The molecular formula is C33H37N3O3S. The van der Waals surface area contributed by atoms with Crippen LogP contribution in [-0.2, 0) is 9.53 Å². The van der Waals surface area contributed by atoms with Crippen molar-refractivity contribution in [2.24, 2.45) is 4.99 Å². The lowest BCUT2D eigenvalue weighted by Gasteiger charge is -2.24. The fraction of sp³-hybridized carbons (Fsp3) is 0.364. The summed E-state index contributed by atoms with van der Waals surface area (Å²) in [5.41, 5.74) is 7.45. The van der Waals surface area contributed by atoms with Crippen molar-refractivity contribution in [3.05, 3.63) is 101 Å². The molecule has 0 saturated carbocycles. The standard InChI is InChI=1S/C33H37N3O3S/c1-9-20(5)35-22(7)26(25-12-10-11-19(4)29(25)35)17-27-31(37)36-30(24-15-13-23(14-16-24)18(2)3)28(32(38)39-8)21(6)34-33(36)40-27/h10-18,20,30H,9H2,1-8H3/b27-17-/t20-,30+/m1/s1. The first-order chi connectivity index (χ1) is 19.1. The zero-order valence-electron chi connectivity index (χ0n) is 24.5. The van der Waals surface area contributed by atoms with Crippen molar-refractivity contribution in [3.8, 4) is 0 Å². The molecule has 0 radical (unpaired) electrons. The fourth-order valence-electron chi connectivity index (χ4n) is 5.81. The maximum atomic E-state index is 14.2. The van der Waals surface area contributed by atoms with Crippen LogP contribution in [-0.4, -0.2) is 22.2 Å². The monoisotopic (exact) mass is 555 g/mol. The number of hydrogen-bond donors (Lipinski definition) is 0. The number of fused-ring (bicyclic) bond motifs is 2. The Hall–Kier alpha value is -3.71. The van der Waals surface area contributed by atoms with Crippen molar-refractivity contribution in [1.82, 2.24) is 9.13 Å². The summed E-state index contributed by atoms with van der Waals surface area (Å²) in [6.07, 6.45) is 3.02. The van der Waals surface area contributed by atoms with Gasteiger partial charge in [-0.15, -0.1) is 0 Å². The molecule has 0 amide bonds. The number of ether oxygens (including phenoxy) is 1. The number of aromatic nitrogens is 2. The van der Waals surface area contributed by atoms with Gasteiger partial charge in [0.1, 0.15) is 0 Å². The van der Waals surface area contributed by atoms with Gasteiger partial charge in [0.25, 0.3) is 5.56 Å². The number of carbonyl (C=O) groups is 1. The van der Waals surface area contributed by atoms with Gasteiger partial charge < -0.3 is 9.30 Å². The number of hydrogen-bond acceptors (Lipinski definition) is 5. The Kier molecular flexibility index (Phi) is 7.44. The third kappa shape index (κ3) is 4.46. The normalized spacial score (nSPS) is 16.4. The first-order valence-electron chi connectivity index (χ1n) is 13.9. The quantitative estimate of drug-likeness (QED) is 0.271. The lowest BCUT2D eigenvalue weighted by atomic mass is 9.93. The minimum atomic E-state index is -0.614. The van der Waals surface area contributed by atoms with Crippen LogP contribution in [0.3, 0.4) is 0 Å². The second kappa shape index (κ2) is 10.7. The van der Waals surface area contributed by atoms with Crippen LogP contribution in [0.4, 0.5) is 0 Å². The Balaban J connectivity index is 1.78. The molecular weight excluding hydrogens is 518 g/mol. The number of aryl methyl sites for hydroxylation is 1. The van der Waals surface area contributed by atoms with E-state index in [4.69, 9.17) is 9.73 Å². The molecule has 0 unspecified atom stereocenters. The molecule has 0 saturated heterocycles. The van der Waals surface area contributed by atoms with Crippen molar-refractivity contribution < 1.29 is 9.53 Å². The second-order valence-electron chi connectivity index (χ2n) is 11.0. The van der Waals surface area contributed by atoms with Crippen molar-refractivity contribution in [2.75, 3.05) is 7.11 Å². The lowest BCUT2D eigenvalue weighted by Crippen LogP contribution is -2.39. The highest BCUT2D eigenvalue weighted by Gasteiger charge is 2.33. The van der Waals surface area contributed by atoms with Crippen LogP contribution in [0.25, 0.3) is 17.0 Å². The molecule has 0 spiro atoms. The number of para-hydroxylation sites is 1. The smallest absolute Gasteiger partial charge is 0.338 e. The molecule has 208 valence electrons. The molecule has 3 heterocycles. The van der Waals surface area contributed by atoms with E-state index >= 15 is 0 Å². The molecule has 7 heteroatoms. The van der Waals surface area contributed by atoms with Crippen LogP contribution >= 0.6 is 11.3 Å². The molecule has 6 nitrogen and oxygen atoms in total. The number of carbonyl (C=O) groups excluding carboxylic acids is 1. The van der Waals surface area contributed by atoms with Crippen molar-refractivity contribution in [2.45, 2.75) is 72.9 Å². The molecule has 0 aliphatic carbocycles. The minimum absolute atomic E-state index is 0.160. The maximum absolute atomic E-state index is 14.2. The second-order valence-corrected chi connectivity index (χ2v) is 12.0. The Bertz CT molecular complexity index is 1830. The van der Waals surface area contributed by atoms with E-state index in [-0.39, 0.29) is 5.56 Å². The average Bonchev–Trinajstić information content (AvgIpc) is 3.40. The van der Waals surface area contributed by atoms with Gasteiger partial charge in [0, 0.05) is 22.7 Å². The highest BCUT2D eigenvalue weighted by molar-refractivity contribution is 7.07. The van der Waals surface area contributed by atoms with Crippen LogP contribution in [0.15, 0.2) is 63.5 Å². The topological polar surface area (TPSA) is 65.6 Å². The van der Waals surface area contributed by atoms with Gasteiger partial charge in [-0.25, -0.2) is 9.79 Å². The SMILES string of the molecule is CC[C@@H](C)n1c(C)c(/C=c2\sc3n(c2=O)[C@@H](c2ccc(C(C)C)cc2)C(C(=O)OC)=C(C)N=3)c2cccc(C)c21. The molecule has 1 aliphatic heterocycles. The van der Waals surface area contributed by atoms with E-state index in [0.29, 0.717) is 32.6 Å². The minimum Gasteiger partial charge on any atom is -0.466 e. The average molecular weight is 556 g/mol. The first-order valence-corrected chi connectivity index (χ1v) is 14.7. The van der Waals surface area contributed by atoms with Crippen molar-refractivity contribution >= 4 is 34.3 Å². The Labute approximate surface area is 239 Å². The van der Waals surface area contributed by atoms with Gasteiger partial charge in [-0.3, -0.25) is 9.36 Å². The molecule has 2 aromatic carbocycles. The summed E-state index contributed by atoms with van der Waals surface area (Å²) in [4.78, 5) is 32.5. The lowest BCUT2D eigenvalue weighted by molar-refractivity contribution is -0.136. The summed E-state index contributed by atoms with van der Waals surface area (Å²) in [6.45, 7) is 14.8. The van der Waals surface area contributed by atoms with Gasteiger partial charge in [-0.1, -0.05) is 74.6 Å². The molecule has 2 atom stereocenters. The number of benzene rings is 2. The molecule has 0 fully saturated rings. The molecule has 0 bridgehead atoms. The Morgan fingerprint density at radius 3 is 2.42 bits per heavy atom. The van der Waals surface area contributed by atoms with Crippen LogP contribution < -0.4 is 14.9 Å². The van der Waals surface area contributed by atoms with Crippen LogP contribution in [0.5, 0.6) is 0 Å². The van der Waals surface area contributed by atoms with Gasteiger partial charge in [0.15, 0.2) is 4.80 Å². The zero-order chi connectivity index (χ0) is 28.9. The summed E-state index contributed by atoms with van der Waals surface area (Å²) >= 11 is 1.37. The van der Waals surface area contributed by atoms with E-state index in [1.165, 1.54) is 35.1 Å². The Morgan fingerprint density at radius 1 is 1.10 bits per heavy atom. The molecule has 0 N–H and O–H groups in total. The van der Waals surface area contributed by atoms with Gasteiger partial charge >= 0.3 is 5.97 Å². The molecule has 4 aromatic rings. The van der Waals surface area contributed by atoms with E-state index in [9.17, 15) is 9.59 Å². The first kappa shape index (κ1) is 27.8. The third-order valence-electron chi connectivity index (χ3n) is 8.17. The zero-order valence-corrected chi connectivity index (χ0v) is 25.3. The number of methoxy groups -OCH3 is 1. The van der Waals surface area contributed by atoms with Gasteiger partial charge in [-0.2, -0.15) is 0 Å². The van der Waals surface area contributed by atoms with Gasteiger partial charge in [-0.05, 0) is 62.8 Å². The van der Waals surface area contributed by atoms with Crippen molar-refractivity contribution in [3.63, 3.8) is 0 Å². The summed E-state index contributed by atoms with van der Waals surface area (Å²) in [5, 5.41) is 1.14. The van der Waals surface area contributed by atoms with Crippen LogP contribution in [0.2, 0.25) is 0 Å². The summed E-state index contributed by atoms with van der Waals surface area (Å²) in [7, 11) is 1.37. The summed E-state index contributed by atoms with van der Waals surface area (Å²) < 4.78 is 9.81. The number of nitrogens with zero attached hydrogens (tertiary/aromatic N) is 3. The fourth-order valence-corrected chi connectivity index (χ4v) is 6.83. The maximum Gasteiger partial charge on any atom is 0.338 e. The highest BCUT2D eigenvalue weighted by Crippen LogP contribution is 2.34. The van der Waals surface area contributed by atoms with Crippen LogP contribution in [0.1, 0.15) is 87.0 Å². The Morgan fingerprint density at radius 2 is 1.80 bits per heavy atom. The van der Waals surface area contributed by atoms with E-state index in [1.54, 1.807) is 4.57 Å². The van der Waals surface area contributed by atoms with E-state index in [1.807, 2.05) is 25.1 Å². The predicted octanol–water partition coefficient (Wildman–Crippen LogP) is 6.07. The number of esters is 1. The summed E-state index contributed by atoms with van der Waals surface area (Å²) in [5.74, 6) is -0.103. The van der Waals surface area contributed by atoms with Crippen molar-refractivity contribution in [1.29, 1.82) is 0 Å². The summed E-state index contributed by atoms with van der Waals surface area (Å²) in [6, 6.07) is 14.2. The number of thiazole rings is 1. The highest BCUT2D eigenvalue weighted by atomic mass is 32.1.